The minimum absolute atomic E-state index is 0. The van der Waals surface area contributed by atoms with Crippen LogP contribution in [0.5, 0.6) is 0 Å². The summed E-state index contributed by atoms with van der Waals surface area (Å²) < 4.78 is 0. The van der Waals surface area contributed by atoms with Gasteiger partial charge in [-0.3, -0.25) is 4.79 Å². The molecule has 1 aliphatic rings. The SMILES string of the molecule is CC(=O)N1CC(C)[N-]CC1C.[W]. The average molecular weight is 339 g/mol. The van der Waals surface area contributed by atoms with Crippen molar-refractivity contribution in [2.45, 2.75) is 32.9 Å². The van der Waals surface area contributed by atoms with Crippen molar-refractivity contribution in [3.63, 3.8) is 0 Å². The van der Waals surface area contributed by atoms with E-state index < -0.39 is 0 Å². The van der Waals surface area contributed by atoms with E-state index in [9.17, 15) is 4.79 Å². The van der Waals surface area contributed by atoms with E-state index in [2.05, 4.69) is 5.32 Å². The Bertz CT molecular complexity index is 163. The molecule has 1 aliphatic heterocycles. The predicted octanol–water partition coefficient (Wildman–Crippen LogP) is 0.997. The van der Waals surface area contributed by atoms with Gasteiger partial charge in [0.2, 0.25) is 5.91 Å². The van der Waals surface area contributed by atoms with Gasteiger partial charge in [-0.15, -0.1) is 12.6 Å². The summed E-state index contributed by atoms with van der Waals surface area (Å²) in [4.78, 5) is 12.9. The molecule has 2 unspecified atom stereocenters. The number of hydrogen-bond donors (Lipinski definition) is 0. The van der Waals surface area contributed by atoms with Crippen LogP contribution in [0.25, 0.3) is 5.32 Å². The van der Waals surface area contributed by atoms with Crippen molar-refractivity contribution in [3.05, 3.63) is 5.32 Å². The maximum Gasteiger partial charge on any atom is 0.219 e. The second kappa shape index (κ2) is 4.98. The monoisotopic (exact) mass is 339 g/mol. The van der Waals surface area contributed by atoms with Gasteiger partial charge in [0.05, 0.1) is 0 Å². The Kier molecular flexibility index (Phi) is 5.03. The first-order chi connectivity index (χ1) is 5.11. The summed E-state index contributed by atoms with van der Waals surface area (Å²) in [6.45, 7) is 7.28. The zero-order valence-electron chi connectivity index (χ0n) is 7.78. The van der Waals surface area contributed by atoms with Gasteiger partial charge >= 0.3 is 0 Å². The number of rotatable bonds is 0. The summed E-state index contributed by atoms with van der Waals surface area (Å²) in [6, 6.07) is 0.610. The molecule has 0 aromatic rings. The molecule has 0 saturated carbocycles. The zero-order chi connectivity index (χ0) is 8.43. The molecule has 0 spiro atoms. The predicted molar refractivity (Wildman–Crippen MR) is 44.5 cm³/mol. The molecular formula is C8H15N2OW-. The van der Waals surface area contributed by atoms with Gasteiger partial charge in [-0.05, 0) is 6.92 Å². The minimum atomic E-state index is 0. The fraction of sp³-hybridized carbons (Fsp3) is 0.875. The number of hydrogen-bond acceptors (Lipinski definition) is 1. The Balaban J connectivity index is 0.00000121. The maximum atomic E-state index is 11.0. The number of carbonyl (C=O) groups excluding carboxylic acids is 1. The molecule has 0 aliphatic carbocycles. The first-order valence-electron chi connectivity index (χ1n) is 4.05. The van der Waals surface area contributed by atoms with Crippen LogP contribution in [0.4, 0.5) is 0 Å². The third-order valence-corrected chi connectivity index (χ3v) is 2.08. The van der Waals surface area contributed by atoms with E-state index in [4.69, 9.17) is 0 Å². The number of amides is 1. The average Bonchev–Trinajstić information content (AvgIpc) is 1.94. The van der Waals surface area contributed by atoms with Crippen LogP contribution in [-0.2, 0) is 25.9 Å². The minimum Gasteiger partial charge on any atom is -0.657 e. The van der Waals surface area contributed by atoms with Crippen molar-refractivity contribution in [2.24, 2.45) is 0 Å². The second-order valence-electron chi connectivity index (χ2n) is 3.23. The third-order valence-electron chi connectivity index (χ3n) is 2.08. The first-order valence-corrected chi connectivity index (χ1v) is 4.05. The van der Waals surface area contributed by atoms with E-state index in [1.54, 1.807) is 6.92 Å². The number of nitrogens with zero attached hydrogens (tertiary/aromatic N) is 2. The largest absolute Gasteiger partial charge is 0.657 e. The number of piperazine rings is 1. The van der Waals surface area contributed by atoms with Gasteiger partial charge in [0.1, 0.15) is 0 Å². The Morgan fingerprint density at radius 3 is 2.50 bits per heavy atom. The quantitative estimate of drug-likeness (QED) is 0.648. The van der Waals surface area contributed by atoms with E-state index in [1.807, 2.05) is 18.7 Å². The Hall–Kier alpha value is 0.118. The maximum absolute atomic E-state index is 11.0. The summed E-state index contributed by atoms with van der Waals surface area (Å²) in [5.74, 6) is 0.166. The standard InChI is InChI=1S/C8H15N2O.W/c1-6-5-10(8(3)11)7(2)4-9-6;/h6-7H,4-5H2,1-3H3;/q-1;. The van der Waals surface area contributed by atoms with Crippen molar-refractivity contribution in [2.75, 3.05) is 13.1 Å². The molecule has 70 valence electrons. The van der Waals surface area contributed by atoms with Gasteiger partial charge < -0.3 is 10.2 Å². The summed E-state index contributed by atoms with van der Waals surface area (Å²) in [5, 5.41) is 4.35. The van der Waals surface area contributed by atoms with Crippen molar-refractivity contribution in [3.8, 4) is 0 Å². The van der Waals surface area contributed by atoms with E-state index in [0.29, 0.717) is 12.1 Å². The topological polar surface area (TPSA) is 34.4 Å². The van der Waals surface area contributed by atoms with Gasteiger partial charge in [0.25, 0.3) is 0 Å². The normalized spacial score (nSPS) is 29.4. The molecule has 1 saturated heterocycles. The molecule has 12 heavy (non-hydrogen) atoms. The van der Waals surface area contributed by atoms with Gasteiger partial charge in [0, 0.05) is 40.6 Å². The number of carbonyl (C=O) groups is 1. The van der Waals surface area contributed by atoms with Gasteiger partial charge in [-0.25, -0.2) is 0 Å². The van der Waals surface area contributed by atoms with Crippen LogP contribution in [0.3, 0.4) is 0 Å². The van der Waals surface area contributed by atoms with Crippen molar-refractivity contribution < 1.29 is 25.9 Å². The molecule has 0 aromatic heterocycles. The van der Waals surface area contributed by atoms with Crippen LogP contribution in [0.2, 0.25) is 0 Å². The molecule has 1 amide bonds. The van der Waals surface area contributed by atoms with Crippen LogP contribution in [0, 0.1) is 0 Å². The van der Waals surface area contributed by atoms with Crippen LogP contribution in [0.1, 0.15) is 20.8 Å². The molecule has 4 heteroatoms. The van der Waals surface area contributed by atoms with Crippen LogP contribution in [-0.4, -0.2) is 36.0 Å². The fourth-order valence-electron chi connectivity index (χ4n) is 1.39. The summed E-state index contributed by atoms with van der Waals surface area (Å²) in [6.07, 6.45) is 0. The zero-order valence-corrected chi connectivity index (χ0v) is 10.7. The first kappa shape index (κ1) is 12.1. The van der Waals surface area contributed by atoms with Gasteiger partial charge in [-0.1, -0.05) is 6.92 Å². The Labute approximate surface area is 88.1 Å². The van der Waals surface area contributed by atoms with E-state index in [0.717, 1.165) is 13.1 Å². The molecule has 1 heterocycles. The molecule has 1 rings (SSSR count). The van der Waals surface area contributed by atoms with Crippen molar-refractivity contribution >= 4 is 5.91 Å². The van der Waals surface area contributed by atoms with Gasteiger partial charge in [-0.2, -0.15) is 0 Å². The molecule has 1 fully saturated rings. The third kappa shape index (κ3) is 2.87. The molecule has 0 aromatic carbocycles. The Morgan fingerprint density at radius 2 is 2.08 bits per heavy atom. The van der Waals surface area contributed by atoms with Crippen molar-refractivity contribution in [1.82, 2.24) is 4.90 Å². The molecule has 0 radical (unpaired) electrons. The molecule has 0 bridgehead atoms. The molecule has 0 N–H and O–H groups in total. The molecular weight excluding hydrogens is 324 g/mol. The molecule has 3 nitrogen and oxygen atoms in total. The van der Waals surface area contributed by atoms with Crippen LogP contribution < -0.4 is 0 Å². The summed E-state index contributed by atoms with van der Waals surface area (Å²) in [5.41, 5.74) is 0. The van der Waals surface area contributed by atoms with E-state index in [-0.39, 0.29) is 27.0 Å². The summed E-state index contributed by atoms with van der Waals surface area (Å²) >= 11 is 0. The van der Waals surface area contributed by atoms with Crippen molar-refractivity contribution in [1.29, 1.82) is 0 Å². The van der Waals surface area contributed by atoms with E-state index in [1.165, 1.54) is 0 Å². The second-order valence-corrected chi connectivity index (χ2v) is 3.23. The summed E-state index contributed by atoms with van der Waals surface area (Å²) in [7, 11) is 0. The van der Waals surface area contributed by atoms with Crippen LogP contribution >= 0.6 is 0 Å². The van der Waals surface area contributed by atoms with E-state index >= 15 is 0 Å². The molecule has 2 atom stereocenters. The Morgan fingerprint density at radius 1 is 1.50 bits per heavy atom. The fourth-order valence-corrected chi connectivity index (χ4v) is 1.39. The van der Waals surface area contributed by atoms with Crippen LogP contribution in [0.15, 0.2) is 0 Å². The van der Waals surface area contributed by atoms with Gasteiger partial charge in [0.15, 0.2) is 0 Å². The smallest absolute Gasteiger partial charge is 0.219 e.